The van der Waals surface area contributed by atoms with E-state index in [2.05, 4.69) is 34.6 Å². The maximum atomic E-state index is 11.5. The molecule has 2 N–H and O–H groups in total. The van der Waals surface area contributed by atoms with Gasteiger partial charge in [0.25, 0.3) is 0 Å². The molecule has 0 atom stereocenters. The Morgan fingerprint density at radius 1 is 1.26 bits per heavy atom. The summed E-state index contributed by atoms with van der Waals surface area (Å²) in [5.41, 5.74) is 1.22. The number of amides is 1. The molecule has 126 valence electrons. The zero-order valence-electron chi connectivity index (χ0n) is 14.2. The summed E-state index contributed by atoms with van der Waals surface area (Å²) >= 11 is 0. The lowest BCUT2D eigenvalue weighted by Crippen LogP contribution is -2.46. The average molecular weight is 316 g/mol. The van der Waals surface area contributed by atoms with Crippen LogP contribution >= 0.6 is 0 Å². The lowest BCUT2D eigenvalue weighted by molar-refractivity contribution is -0.121. The predicted molar refractivity (Wildman–Crippen MR) is 94.2 cm³/mol. The first kappa shape index (κ1) is 17.3. The number of nitrogens with one attached hydrogen (secondary N) is 2. The van der Waals surface area contributed by atoms with Gasteiger partial charge in [-0.05, 0) is 31.2 Å². The van der Waals surface area contributed by atoms with Gasteiger partial charge in [-0.1, -0.05) is 30.3 Å². The molecule has 23 heavy (non-hydrogen) atoms. The third-order valence-electron chi connectivity index (χ3n) is 4.26. The number of rotatable bonds is 5. The molecule has 5 nitrogen and oxygen atoms in total. The Labute approximate surface area is 139 Å². The molecule has 2 rings (SSSR count). The molecule has 1 aromatic carbocycles. The fraction of sp³-hybridized carbons (Fsp3) is 0.556. The highest BCUT2D eigenvalue weighted by Gasteiger charge is 2.22. The maximum Gasteiger partial charge on any atom is 0.220 e. The molecule has 1 fully saturated rings. The van der Waals surface area contributed by atoms with E-state index in [1.807, 2.05) is 18.2 Å². The number of likely N-dealkylation sites (tertiary alicyclic amines) is 1. The first-order valence-corrected chi connectivity index (χ1v) is 8.50. The van der Waals surface area contributed by atoms with Crippen LogP contribution in [0.3, 0.4) is 0 Å². The van der Waals surface area contributed by atoms with E-state index in [1.165, 1.54) is 5.56 Å². The summed E-state index contributed by atoms with van der Waals surface area (Å²) in [6.07, 6.45) is 2.73. The first-order valence-electron chi connectivity index (χ1n) is 8.50. The normalized spacial score (nSPS) is 16.3. The van der Waals surface area contributed by atoms with Crippen molar-refractivity contribution in [3.8, 4) is 0 Å². The molecule has 0 unspecified atom stereocenters. The van der Waals surface area contributed by atoms with E-state index in [-0.39, 0.29) is 5.91 Å². The van der Waals surface area contributed by atoms with E-state index in [0.29, 0.717) is 18.9 Å². The molecule has 0 bridgehead atoms. The molecule has 1 aliphatic rings. The number of hydrogen-bond acceptors (Lipinski definition) is 2. The van der Waals surface area contributed by atoms with Gasteiger partial charge in [-0.3, -0.25) is 4.79 Å². The maximum absolute atomic E-state index is 11.5. The molecule has 0 aliphatic carbocycles. The Bertz CT molecular complexity index is 507. The largest absolute Gasteiger partial charge is 0.359 e. The number of piperidine rings is 1. The Morgan fingerprint density at radius 3 is 2.57 bits per heavy atom. The minimum absolute atomic E-state index is 0.146. The van der Waals surface area contributed by atoms with Crippen molar-refractivity contribution in [1.29, 1.82) is 0 Å². The summed E-state index contributed by atoms with van der Waals surface area (Å²) in [7, 11) is 1.71. The standard InChI is InChI=1S/C18H28N4O/c1-3-20-18(21-14-16-7-5-4-6-8-16)22-11-9-15(10-12-22)13-17(23)19-2/h4-8,15H,3,9-14H2,1-2H3,(H,19,23)(H,20,21). The van der Waals surface area contributed by atoms with Crippen molar-refractivity contribution in [2.24, 2.45) is 10.9 Å². The minimum atomic E-state index is 0.146. The van der Waals surface area contributed by atoms with Crippen LogP contribution in [0.4, 0.5) is 0 Å². The average Bonchev–Trinajstić information content (AvgIpc) is 2.60. The van der Waals surface area contributed by atoms with E-state index in [1.54, 1.807) is 7.05 Å². The van der Waals surface area contributed by atoms with Crippen LogP contribution in [0.2, 0.25) is 0 Å². The molecule has 1 saturated heterocycles. The number of carbonyl (C=O) groups excluding carboxylic acids is 1. The molecule has 1 aromatic rings. The lowest BCUT2D eigenvalue weighted by atomic mass is 9.93. The number of carbonyl (C=O) groups is 1. The van der Waals surface area contributed by atoms with Gasteiger partial charge < -0.3 is 15.5 Å². The molecule has 0 spiro atoms. The first-order chi connectivity index (χ1) is 11.2. The van der Waals surface area contributed by atoms with Crippen molar-refractivity contribution in [1.82, 2.24) is 15.5 Å². The van der Waals surface area contributed by atoms with Gasteiger partial charge in [0.15, 0.2) is 5.96 Å². The number of guanidine groups is 1. The topological polar surface area (TPSA) is 56.7 Å². The number of nitrogens with zero attached hydrogens (tertiary/aromatic N) is 2. The Balaban J connectivity index is 1.90. The van der Waals surface area contributed by atoms with E-state index in [4.69, 9.17) is 4.99 Å². The highest BCUT2D eigenvalue weighted by atomic mass is 16.1. The lowest BCUT2D eigenvalue weighted by Gasteiger charge is -2.34. The molecule has 0 radical (unpaired) electrons. The second kappa shape index (κ2) is 9.18. The summed E-state index contributed by atoms with van der Waals surface area (Å²) in [5.74, 6) is 1.62. The fourth-order valence-corrected chi connectivity index (χ4v) is 2.89. The van der Waals surface area contributed by atoms with Crippen molar-refractivity contribution in [2.75, 3.05) is 26.7 Å². The SMILES string of the molecule is CCNC(=NCc1ccccc1)N1CCC(CC(=O)NC)CC1. The van der Waals surface area contributed by atoms with E-state index in [0.717, 1.165) is 38.4 Å². The molecule has 5 heteroatoms. The zero-order chi connectivity index (χ0) is 16.5. The van der Waals surface area contributed by atoms with E-state index < -0.39 is 0 Å². The van der Waals surface area contributed by atoms with E-state index >= 15 is 0 Å². The van der Waals surface area contributed by atoms with Crippen LogP contribution in [0.15, 0.2) is 35.3 Å². The van der Waals surface area contributed by atoms with Crippen LogP contribution in [-0.4, -0.2) is 43.4 Å². The van der Waals surface area contributed by atoms with Crippen LogP contribution in [0.1, 0.15) is 31.7 Å². The van der Waals surface area contributed by atoms with Crippen molar-refractivity contribution in [3.05, 3.63) is 35.9 Å². The van der Waals surface area contributed by atoms with Crippen molar-refractivity contribution >= 4 is 11.9 Å². The van der Waals surface area contributed by atoms with E-state index in [9.17, 15) is 4.79 Å². The van der Waals surface area contributed by atoms with Gasteiger partial charge in [0.1, 0.15) is 0 Å². The zero-order valence-corrected chi connectivity index (χ0v) is 14.2. The molecule has 0 saturated carbocycles. The van der Waals surface area contributed by atoms with Gasteiger partial charge in [0.05, 0.1) is 6.54 Å². The Kier molecular flexibility index (Phi) is 6.91. The van der Waals surface area contributed by atoms with Crippen LogP contribution in [-0.2, 0) is 11.3 Å². The fourth-order valence-electron chi connectivity index (χ4n) is 2.89. The summed E-state index contributed by atoms with van der Waals surface area (Å²) < 4.78 is 0. The van der Waals surface area contributed by atoms with Crippen molar-refractivity contribution in [2.45, 2.75) is 32.7 Å². The van der Waals surface area contributed by atoms with Gasteiger partial charge in [0.2, 0.25) is 5.91 Å². The summed E-state index contributed by atoms with van der Waals surface area (Å²) in [4.78, 5) is 18.6. The van der Waals surface area contributed by atoms with Gasteiger partial charge >= 0.3 is 0 Å². The van der Waals surface area contributed by atoms with Gasteiger partial charge in [-0.25, -0.2) is 4.99 Å². The van der Waals surface area contributed by atoms with Crippen LogP contribution in [0, 0.1) is 5.92 Å². The number of benzene rings is 1. The molecule has 1 heterocycles. The molecular formula is C18H28N4O. The molecule has 0 aromatic heterocycles. The summed E-state index contributed by atoms with van der Waals surface area (Å²) in [5, 5.41) is 6.10. The van der Waals surface area contributed by atoms with Gasteiger partial charge in [0, 0.05) is 33.1 Å². The second-order valence-electron chi connectivity index (χ2n) is 5.96. The van der Waals surface area contributed by atoms with Crippen LogP contribution in [0.25, 0.3) is 0 Å². The predicted octanol–water partition coefficient (Wildman–Crippen LogP) is 2.00. The molecular weight excluding hydrogens is 288 g/mol. The molecule has 1 amide bonds. The van der Waals surface area contributed by atoms with Crippen LogP contribution in [0.5, 0.6) is 0 Å². The highest BCUT2D eigenvalue weighted by Crippen LogP contribution is 2.20. The van der Waals surface area contributed by atoms with Gasteiger partial charge in [-0.15, -0.1) is 0 Å². The summed E-state index contributed by atoms with van der Waals surface area (Å²) in [6, 6.07) is 10.3. The minimum Gasteiger partial charge on any atom is -0.359 e. The van der Waals surface area contributed by atoms with Crippen molar-refractivity contribution in [3.63, 3.8) is 0 Å². The van der Waals surface area contributed by atoms with Crippen LogP contribution < -0.4 is 10.6 Å². The number of hydrogen-bond donors (Lipinski definition) is 2. The Hall–Kier alpha value is -2.04. The highest BCUT2D eigenvalue weighted by molar-refractivity contribution is 5.80. The third-order valence-corrected chi connectivity index (χ3v) is 4.26. The number of aliphatic imine (C=N–C) groups is 1. The monoisotopic (exact) mass is 316 g/mol. The molecule has 1 aliphatic heterocycles. The third kappa shape index (κ3) is 5.58. The summed E-state index contributed by atoms with van der Waals surface area (Å²) in [6.45, 7) is 5.58. The quantitative estimate of drug-likeness (QED) is 0.645. The van der Waals surface area contributed by atoms with Gasteiger partial charge in [-0.2, -0.15) is 0 Å². The Morgan fingerprint density at radius 2 is 1.96 bits per heavy atom. The van der Waals surface area contributed by atoms with Crippen molar-refractivity contribution < 1.29 is 4.79 Å². The smallest absolute Gasteiger partial charge is 0.220 e. The second-order valence-corrected chi connectivity index (χ2v) is 5.96.